The standard InChI is InChI=1S/C20H24O4/c1-19(2)12-13-10-17(23-4)18(24-5)11-16(13)20(19,21)14-6-8-15(22-3)9-7-14/h6-11,21H,12H2,1-5H3. The van der Waals surface area contributed by atoms with Gasteiger partial charge in [-0.15, -0.1) is 0 Å². The van der Waals surface area contributed by atoms with Crippen LogP contribution in [0.3, 0.4) is 0 Å². The minimum Gasteiger partial charge on any atom is -0.497 e. The molecule has 4 heteroatoms. The van der Waals surface area contributed by atoms with Crippen molar-refractivity contribution in [3.63, 3.8) is 0 Å². The van der Waals surface area contributed by atoms with E-state index in [9.17, 15) is 5.11 Å². The van der Waals surface area contributed by atoms with Crippen molar-refractivity contribution in [2.75, 3.05) is 21.3 Å². The quantitative estimate of drug-likeness (QED) is 0.933. The van der Waals surface area contributed by atoms with Crippen LogP contribution in [0.15, 0.2) is 36.4 Å². The molecule has 1 atom stereocenters. The molecule has 2 aromatic carbocycles. The largest absolute Gasteiger partial charge is 0.497 e. The molecule has 24 heavy (non-hydrogen) atoms. The molecule has 1 N–H and O–H groups in total. The fourth-order valence-corrected chi connectivity index (χ4v) is 3.75. The molecule has 0 spiro atoms. The lowest BCUT2D eigenvalue weighted by molar-refractivity contribution is -0.0211. The van der Waals surface area contributed by atoms with Gasteiger partial charge in [-0.2, -0.15) is 0 Å². The SMILES string of the molecule is COc1ccc(C2(O)c3cc(OC)c(OC)cc3CC2(C)C)cc1. The Kier molecular flexibility index (Phi) is 3.96. The monoisotopic (exact) mass is 328 g/mol. The van der Waals surface area contributed by atoms with Gasteiger partial charge in [-0.05, 0) is 47.4 Å². The zero-order chi connectivity index (χ0) is 17.5. The number of fused-ring (bicyclic) bond motifs is 1. The van der Waals surface area contributed by atoms with Crippen LogP contribution in [-0.4, -0.2) is 26.4 Å². The topological polar surface area (TPSA) is 47.9 Å². The molecule has 0 aromatic heterocycles. The van der Waals surface area contributed by atoms with E-state index in [2.05, 4.69) is 13.8 Å². The molecule has 0 fully saturated rings. The first-order valence-electron chi connectivity index (χ1n) is 7.99. The van der Waals surface area contributed by atoms with Gasteiger partial charge in [0.25, 0.3) is 0 Å². The molecule has 0 aliphatic heterocycles. The number of ether oxygens (including phenoxy) is 3. The van der Waals surface area contributed by atoms with Gasteiger partial charge in [0.1, 0.15) is 11.4 Å². The second-order valence-corrected chi connectivity index (χ2v) is 6.86. The molecule has 0 saturated heterocycles. The predicted octanol–water partition coefficient (Wildman–Crippen LogP) is 3.53. The van der Waals surface area contributed by atoms with Crippen molar-refractivity contribution in [1.82, 2.24) is 0 Å². The average Bonchev–Trinajstić information content (AvgIpc) is 2.80. The highest BCUT2D eigenvalue weighted by Crippen LogP contribution is 2.55. The third kappa shape index (κ3) is 2.25. The zero-order valence-corrected chi connectivity index (χ0v) is 14.8. The van der Waals surface area contributed by atoms with Crippen LogP contribution in [0.2, 0.25) is 0 Å². The molecule has 0 saturated carbocycles. The summed E-state index contributed by atoms with van der Waals surface area (Å²) in [6.07, 6.45) is 0.755. The maximum atomic E-state index is 11.8. The number of aliphatic hydroxyl groups is 1. The van der Waals surface area contributed by atoms with Crippen LogP contribution < -0.4 is 14.2 Å². The van der Waals surface area contributed by atoms with Crippen molar-refractivity contribution in [1.29, 1.82) is 0 Å². The lowest BCUT2D eigenvalue weighted by Gasteiger charge is -2.38. The summed E-state index contributed by atoms with van der Waals surface area (Å²) in [6, 6.07) is 11.5. The molecule has 0 amide bonds. The van der Waals surface area contributed by atoms with Crippen LogP contribution in [0.4, 0.5) is 0 Å². The van der Waals surface area contributed by atoms with Gasteiger partial charge in [-0.25, -0.2) is 0 Å². The highest BCUT2D eigenvalue weighted by atomic mass is 16.5. The number of benzene rings is 2. The first-order chi connectivity index (χ1) is 11.4. The predicted molar refractivity (Wildman–Crippen MR) is 93.0 cm³/mol. The van der Waals surface area contributed by atoms with Gasteiger partial charge < -0.3 is 19.3 Å². The second kappa shape index (κ2) is 5.71. The van der Waals surface area contributed by atoms with Crippen molar-refractivity contribution in [3.8, 4) is 17.2 Å². The Bertz CT molecular complexity index is 749. The van der Waals surface area contributed by atoms with E-state index in [1.165, 1.54) is 0 Å². The smallest absolute Gasteiger partial charge is 0.161 e. The van der Waals surface area contributed by atoms with E-state index in [0.29, 0.717) is 11.5 Å². The van der Waals surface area contributed by atoms with E-state index >= 15 is 0 Å². The van der Waals surface area contributed by atoms with Gasteiger partial charge in [0.2, 0.25) is 0 Å². The molecular weight excluding hydrogens is 304 g/mol. The maximum Gasteiger partial charge on any atom is 0.161 e. The van der Waals surface area contributed by atoms with Gasteiger partial charge >= 0.3 is 0 Å². The van der Waals surface area contributed by atoms with E-state index < -0.39 is 5.60 Å². The number of rotatable bonds is 4. The Hall–Kier alpha value is -2.20. The molecule has 0 radical (unpaired) electrons. The average molecular weight is 328 g/mol. The summed E-state index contributed by atoms with van der Waals surface area (Å²) in [5.74, 6) is 2.08. The summed E-state index contributed by atoms with van der Waals surface area (Å²) in [4.78, 5) is 0. The lowest BCUT2D eigenvalue weighted by atomic mass is 9.71. The minimum atomic E-state index is -1.10. The van der Waals surface area contributed by atoms with Crippen molar-refractivity contribution in [2.24, 2.45) is 5.41 Å². The molecule has 128 valence electrons. The van der Waals surface area contributed by atoms with E-state index in [1.807, 2.05) is 36.4 Å². The molecule has 1 aliphatic rings. The van der Waals surface area contributed by atoms with Crippen LogP contribution in [0, 0.1) is 5.41 Å². The Morgan fingerprint density at radius 2 is 1.46 bits per heavy atom. The minimum absolute atomic E-state index is 0.360. The van der Waals surface area contributed by atoms with Crippen molar-refractivity contribution >= 4 is 0 Å². The number of hydrogen-bond acceptors (Lipinski definition) is 4. The first kappa shape index (κ1) is 16.7. The van der Waals surface area contributed by atoms with Crippen molar-refractivity contribution in [2.45, 2.75) is 25.9 Å². The summed E-state index contributed by atoms with van der Waals surface area (Å²) in [6.45, 7) is 4.16. The second-order valence-electron chi connectivity index (χ2n) is 6.86. The Morgan fingerprint density at radius 1 is 0.875 bits per heavy atom. The summed E-state index contributed by atoms with van der Waals surface area (Å²) in [5, 5.41) is 11.8. The van der Waals surface area contributed by atoms with Crippen LogP contribution >= 0.6 is 0 Å². The van der Waals surface area contributed by atoms with E-state index in [-0.39, 0.29) is 5.41 Å². The Labute approximate surface area is 143 Å². The van der Waals surface area contributed by atoms with Gasteiger partial charge in [-0.1, -0.05) is 26.0 Å². The molecule has 4 nitrogen and oxygen atoms in total. The molecule has 0 heterocycles. The number of methoxy groups -OCH3 is 3. The van der Waals surface area contributed by atoms with Crippen LogP contribution in [0.25, 0.3) is 0 Å². The van der Waals surface area contributed by atoms with Gasteiger partial charge in [-0.3, -0.25) is 0 Å². The zero-order valence-electron chi connectivity index (χ0n) is 14.8. The molecular formula is C20H24O4. The van der Waals surface area contributed by atoms with Gasteiger partial charge in [0.05, 0.1) is 21.3 Å². The Morgan fingerprint density at radius 3 is 2.00 bits per heavy atom. The highest BCUT2D eigenvalue weighted by molar-refractivity contribution is 5.56. The third-order valence-electron chi connectivity index (χ3n) is 5.12. The Balaban J connectivity index is 2.20. The normalized spacial score (nSPS) is 21.2. The van der Waals surface area contributed by atoms with Crippen LogP contribution in [0.1, 0.15) is 30.5 Å². The first-order valence-corrected chi connectivity index (χ1v) is 7.99. The van der Waals surface area contributed by atoms with E-state index in [0.717, 1.165) is 28.9 Å². The fraction of sp³-hybridized carbons (Fsp3) is 0.400. The molecule has 1 aliphatic carbocycles. The third-order valence-corrected chi connectivity index (χ3v) is 5.12. The summed E-state index contributed by atoms with van der Waals surface area (Å²) < 4.78 is 16.1. The molecule has 0 bridgehead atoms. The maximum absolute atomic E-state index is 11.8. The molecule has 2 aromatic rings. The number of hydrogen-bond donors (Lipinski definition) is 1. The van der Waals surface area contributed by atoms with E-state index in [1.54, 1.807) is 21.3 Å². The highest BCUT2D eigenvalue weighted by Gasteiger charge is 2.52. The van der Waals surface area contributed by atoms with Crippen LogP contribution in [0.5, 0.6) is 17.2 Å². The fourth-order valence-electron chi connectivity index (χ4n) is 3.75. The van der Waals surface area contributed by atoms with E-state index in [4.69, 9.17) is 14.2 Å². The lowest BCUT2D eigenvalue weighted by Crippen LogP contribution is -2.39. The summed E-state index contributed by atoms with van der Waals surface area (Å²) >= 11 is 0. The van der Waals surface area contributed by atoms with Crippen molar-refractivity contribution < 1.29 is 19.3 Å². The molecule has 3 rings (SSSR count). The summed E-state index contributed by atoms with van der Waals surface area (Å²) in [5.41, 5.74) is 1.33. The molecule has 1 unspecified atom stereocenters. The van der Waals surface area contributed by atoms with Gasteiger partial charge in [0, 0.05) is 5.41 Å². The van der Waals surface area contributed by atoms with Crippen molar-refractivity contribution in [3.05, 3.63) is 53.1 Å². The summed E-state index contributed by atoms with van der Waals surface area (Å²) in [7, 11) is 4.87. The van der Waals surface area contributed by atoms with Crippen LogP contribution in [-0.2, 0) is 12.0 Å². The van der Waals surface area contributed by atoms with Gasteiger partial charge in [0.15, 0.2) is 11.5 Å².